The molecule has 4 rings (SSSR count). The summed E-state index contributed by atoms with van der Waals surface area (Å²) < 4.78 is 12.2. The summed E-state index contributed by atoms with van der Waals surface area (Å²) in [6.45, 7) is 1.48. The molecular weight excluding hydrogens is 384 g/mol. The topological polar surface area (TPSA) is 107 Å². The summed E-state index contributed by atoms with van der Waals surface area (Å²) in [5, 5.41) is 11.4. The molecule has 0 spiro atoms. The molecule has 30 heavy (non-hydrogen) atoms. The van der Waals surface area contributed by atoms with E-state index in [0.717, 1.165) is 22.5 Å². The molecule has 0 fully saturated rings. The predicted octanol–water partition coefficient (Wildman–Crippen LogP) is 2.40. The van der Waals surface area contributed by atoms with Crippen LogP contribution in [-0.2, 0) is 24.3 Å². The lowest BCUT2D eigenvalue weighted by Gasteiger charge is -2.08. The van der Waals surface area contributed by atoms with E-state index in [-0.39, 0.29) is 5.91 Å². The van der Waals surface area contributed by atoms with E-state index in [1.807, 2.05) is 36.4 Å². The molecule has 9 heteroatoms. The van der Waals surface area contributed by atoms with Gasteiger partial charge in [-0.3, -0.25) is 4.79 Å². The fraction of sp³-hybridized carbons (Fsp3) is 0.238. The van der Waals surface area contributed by atoms with Gasteiger partial charge in [0, 0.05) is 6.54 Å². The van der Waals surface area contributed by atoms with Crippen LogP contribution in [0.4, 0.5) is 5.82 Å². The van der Waals surface area contributed by atoms with Gasteiger partial charge in [-0.05, 0) is 29.8 Å². The van der Waals surface area contributed by atoms with Crippen LogP contribution >= 0.6 is 0 Å². The number of hydrogen-bond donors (Lipinski definition) is 2. The van der Waals surface area contributed by atoms with Gasteiger partial charge in [0.15, 0.2) is 5.65 Å². The van der Waals surface area contributed by atoms with Crippen molar-refractivity contribution in [3.05, 3.63) is 66.5 Å². The second-order valence-electron chi connectivity index (χ2n) is 6.63. The number of amides is 1. The fourth-order valence-electron chi connectivity index (χ4n) is 3.07. The maximum Gasteiger partial charge on any atom is 0.224 e. The number of hydrogen-bond acceptors (Lipinski definition) is 7. The van der Waals surface area contributed by atoms with Crippen molar-refractivity contribution in [3.8, 4) is 5.75 Å². The Morgan fingerprint density at radius 1 is 1.20 bits per heavy atom. The fourth-order valence-corrected chi connectivity index (χ4v) is 3.07. The Bertz CT molecular complexity index is 1110. The van der Waals surface area contributed by atoms with Gasteiger partial charge < -0.3 is 19.8 Å². The third-order valence-electron chi connectivity index (χ3n) is 4.61. The van der Waals surface area contributed by atoms with Crippen LogP contribution < -0.4 is 15.4 Å². The molecule has 0 aliphatic rings. The smallest absolute Gasteiger partial charge is 0.224 e. The van der Waals surface area contributed by atoms with E-state index in [9.17, 15) is 4.79 Å². The van der Waals surface area contributed by atoms with Crippen LogP contribution in [0.2, 0.25) is 0 Å². The lowest BCUT2D eigenvalue weighted by Crippen LogP contribution is -2.28. The minimum atomic E-state index is -0.0490. The normalized spacial score (nSPS) is 10.8. The van der Waals surface area contributed by atoms with Gasteiger partial charge in [0.2, 0.25) is 5.91 Å². The summed E-state index contributed by atoms with van der Waals surface area (Å²) >= 11 is 0. The largest absolute Gasteiger partial charge is 0.497 e. The number of methoxy groups -OCH3 is 1. The molecule has 0 radical (unpaired) electrons. The highest BCUT2D eigenvalue weighted by molar-refractivity contribution is 5.86. The van der Waals surface area contributed by atoms with Crippen LogP contribution in [0.15, 0.2) is 59.6 Å². The molecule has 0 saturated heterocycles. The molecule has 0 atom stereocenters. The first kappa shape index (κ1) is 19.4. The average molecular weight is 406 g/mol. The van der Waals surface area contributed by atoms with Crippen LogP contribution in [0, 0.1) is 0 Å². The van der Waals surface area contributed by atoms with E-state index >= 15 is 0 Å². The number of furan rings is 1. The monoisotopic (exact) mass is 406 g/mol. The first-order valence-electron chi connectivity index (χ1n) is 9.55. The Kier molecular flexibility index (Phi) is 5.88. The standard InChI is InChI=1S/C21H22N6O3/c1-29-16-6-4-15(5-7-16)11-19(28)22-8-9-27-21-18(13-26-27)20(24-14-25-21)23-12-17-3-2-10-30-17/h2-7,10,13-14H,8-9,11-12H2,1H3,(H,22,28)(H,23,24,25). The van der Waals surface area contributed by atoms with E-state index in [2.05, 4.69) is 25.7 Å². The summed E-state index contributed by atoms with van der Waals surface area (Å²) in [7, 11) is 1.61. The molecule has 0 bridgehead atoms. The summed E-state index contributed by atoms with van der Waals surface area (Å²) in [4.78, 5) is 20.8. The van der Waals surface area contributed by atoms with Crippen molar-refractivity contribution >= 4 is 22.8 Å². The number of aromatic nitrogens is 4. The number of ether oxygens (including phenoxy) is 1. The van der Waals surface area contributed by atoms with Gasteiger partial charge in [0.1, 0.15) is 23.7 Å². The number of carbonyl (C=O) groups is 1. The van der Waals surface area contributed by atoms with E-state index in [1.54, 1.807) is 24.3 Å². The zero-order valence-corrected chi connectivity index (χ0v) is 16.5. The summed E-state index contributed by atoms with van der Waals surface area (Å²) in [6, 6.07) is 11.2. The van der Waals surface area contributed by atoms with Gasteiger partial charge in [-0.25, -0.2) is 14.6 Å². The van der Waals surface area contributed by atoms with E-state index in [4.69, 9.17) is 9.15 Å². The minimum absolute atomic E-state index is 0.0490. The van der Waals surface area contributed by atoms with Crippen molar-refractivity contribution in [1.82, 2.24) is 25.1 Å². The molecule has 1 aromatic carbocycles. The lowest BCUT2D eigenvalue weighted by atomic mass is 10.1. The summed E-state index contributed by atoms with van der Waals surface area (Å²) in [6.07, 6.45) is 5.16. The summed E-state index contributed by atoms with van der Waals surface area (Å²) in [5.74, 6) is 2.22. The van der Waals surface area contributed by atoms with Gasteiger partial charge >= 0.3 is 0 Å². The molecule has 4 aromatic rings. The molecule has 9 nitrogen and oxygen atoms in total. The van der Waals surface area contributed by atoms with E-state index in [1.165, 1.54) is 6.33 Å². The number of nitrogens with one attached hydrogen (secondary N) is 2. The molecule has 3 aromatic heterocycles. The van der Waals surface area contributed by atoms with Gasteiger partial charge in [-0.15, -0.1) is 0 Å². The number of fused-ring (bicyclic) bond motifs is 1. The Labute approximate surface area is 173 Å². The highest BCUT2D eigenvalue weighted by Gasteiger charge is 2.10. The highest BCUT2D eigenvalue weighted by Crippen LogP contribution is 2.19. The summed E-state index contributed by atoms with van der Waals surface area (Å²) in [5.41, 5.74) is 1.63. The van der Waals surface area contributed by atoms with Crippen LogP contribution in [0.3, 0.4) is 0 Å². The molecule has 2 N–H and O–H groups in total. The van der Waals surface area contributed by atoms with Crippen molar-refractivity contribution in [3.63, 3.8) is 0 Å². The van der Waals surface area contributed by atoms with Gasteiger partial charge in [-0.1, -0.05) is 12.1 Å². The maximum absolute atomic E-state index is 12.2. The number of nitrogens with zero attached hydrogens (tertiary/aromatic N) is 4. The Balaban J connectivity index is 1.32. The second kappa shape index (κ2) is 9.08. The third-order valence-corrected chi connectivity index (χ3v) is 4.61. The zero-order valence-electron chi connectivity index (χ0n) is 16.5. The lowest BCUT2D eigenvalue weighted by molar-refractivity contribution is -0.120. The molecule has 0 aliphatic carbocycles. The molecule has 154 valence electrons. The molecule has 1 amide bonds. The van der Waals surface area contributed by atoms with Crippen LogP contribution in [0.25, 0.3) is 11.0 Å². The van der Waals surface area contributed by atoms with Crippen LogP contribution in [0.5, 0.6) is 5.75 Å². The first-order chi connectivity index (χ1) is 14.7. The average Bonchev–Trinajstić information content (AvgIpc) is 3.43. The number of rotatable bonds is 9. The van der Waals surface area contributed by atoms with Crippen molar-refractivity contribution in [2.24, 2.45) is 0 Å². The Morgan fingerprint density at radius 3 is 2.83 bits per heavy atom. The quantitative estimate of drug-likeness (QED) is 0.439. The predicted molar refractivity (Wildman–Crippen MR) is 111 cm³/mol. The van der Waals surface area contributed by atoms with Crippen molar-refractivity contribution < 1.29 is 13.9 Å². The van der Waals surface area contributed by atoms with Gasteiger partial charge in [0.25, 0.3) is 0 Å². The van der Waals surface area contributed by atoms with Crippen molar-refractivity contribution in [1.29, 1.82) is 0 Å². The number of benzene rings is 1. The highest BCUT2D eigenvalue weighted by atomic mass is 16.5. The molecule has 0 unspecified atom stereocenters. The van der Waals surface area contributed by atoms with Crippen molar-refractivity contribution in [2.45, 2.75) is 19.5 Å². The minimum Gasteiger partial charge on any atom is -0.497 e. The number of anilines is 1. The van der Waals surface area contributed by atoms with Crippen LogP contribution in [0.1, 0.15) is 11.3 Å². The van der Waals surface area contributed by atoms with Gasteiger partial charge in [0.05, 0.1) is 44.5 Å². The van der Waals surface area contributed by atoms with E-state index < -0.39 is 0 Å². The first-order valence-corrected chi connectivity index (χ1v) is 9.55. The molecule has 3 heterocycles. The molecular formula is C21H22N6O3. The Hall–Kier alpha value is -3.88. The zero-order chi connectivity index (χ0) is 20.8. The van der Waals surface area contributed by atoms with Crippen LogP contribution in [-0.4, -0.2) is 39.3 Å². The number of carbonyl (C=O) groups excluding carboxylic acids is 1. The maximum atomic E-state index is 12.2. The SMILES string of the molecule is COc1ccc(CC(=O)NCCn2ncc3c(NCc4ccco4)ncnc32)cc1. The Morgan fingerprint density at radius 2 is 2.07 bits per heavy atom. The van der Waals surface area contributed by atoms with Crippen molar-refractivity contribution in [2.75, 3.05) is 19.0 Å². The van der Waals surface area contributed by atoms with E-state index in [0.29, 0.717) is 37.5 Å². The molecule has 0 saturated carbocycles. The molecule has 0 aliphatic heterocycles. The second-order valence-corrected chi connectivity index (χ2v) is 6.63. The third kappa shape index (κ3) is 4.57. The van der Waals surface area contributed by atoms with Gasteiger partial charge in [-0.2, -0.15) is 5.10 Å².